The minimum absolute atomic E-state index is 0. The molecule has 107 heavy (non-hydrogen) atoms. The third-order valence-electron chi connectivity index (χ3n) is 18.0. The number of carbonyl (C=O) groups excluding carboxylic acids is 4. The summed E-state index contributed by atoms with van der Waals surface area (Å²) in [6, 6.07) is 41.2. The van der Waals surface area contributed by atoms with E-state index in [0.29, 0.717) is 56.1 Å². The second-order valence-electron chi connectivity index (χ2n) is 31.0. The summed E-state index contributed by atoms with van der Waals surface area (Å²) in [4.78, 5) is 78.6. The molecule has 578 valence electrons. The summed E-state index contributed by atoms with van der Waals surface area (Å²) in [5, 5.41) is 47.4. The molecule has 26 heteroatoms. The number of rotatable bonds is 15. The number of fused-ring (bicyclic) bond motifs is 3. The average molecular weight is 1940 g/mol. The van der Waals surface area contributed by atoms with Crippen LogP contribution in [0.2, 0.25) is 0 Å². The van der Waals surface area contributed by atoms with E-state index in [1.165, 1.54) is 52.2 Å². The smallest absolute Gasteiger partial charge is 0.565 e. The molecule has 6 aromatic rings. The summed E-state index contributed by atoms with van der Waals surface area (Å²) in [6.45, 7) is 34.1. The van der Waals surface area contributed by atoms with E-state index in [1.807, 2.05) is 85.7 Å². The zero-order valence-electron chi connectivity index (χ0n) is 65.8. The van der Waals surface area contributed by atoms with Crippen molar-refractivity contribution in [3.63, 3.8) is 0 Å². The molecule has 3 heterocycles. The van der Waals surface area contributed by atoms with Crippen molar-refractivity contribution < 1.29 is 250 Å². The molecule has 2 amide bonds. The normalized spacial score (nSPS) is 16.6. The van der Waals surface area contributed by atoms with E-state index in [9.17, 15) is 24.3 Å². The van der Waals surface area contributed by atoms with Gasteiger partial charge in [-0.1, -0.05) is 154 Å². The topological polar surface area (TPSA) is 295 Å². The van der Waals surface area contributed by atoms with Crippen LogP contribution in [0, 0.1) is 39.1 Å². The molecule has 4 N–H and O–H groups in total. The zero-order valence-corrected chi connectivity index (χ0v) is 82.9. The van der Waals surface area contributed by atoms with Gasteiger partial charge in [0.1, 0.15) is 35.8 Å². The number of carbonyl (C=O) groups is 7. The van der Waals surface area contributed by atoms with E-state index < -0.39 is 43.3 Å². The number of nitrogens with zero attached hydrogens (tertiary/aromatic N) is 2. The number of ether oxygens (including phenoxy) is 7. The fourth-order valence-corrected chi connectivity index (χ4v) is 18.3. The number of hydrogen-bond donors (Lipinski definition) is 4. The fraction of sp³-hybridized carbons (Fsp3) is 0.519. The third kappa shape index (κ3) is 29.9. The molecule has 0 aromatic heterocycles. The van der Waals surface area contributed by atoms with Gasteiger partial charge in [-0.15, -0.1) is 0 Å². The number of methoxy groups -OCH3 is 2. The molecule has 11 rings (SSSR count). The van der Waals surface area contributed by atoms with Crippen molar-refractivity contribution in [3.8, 4) is 28.4 Å². The fourth-order valence-electron chi connectivity index (χ4n) is 13.7. The third-order valence-corrected chi connectivity index (χ3v) is 22.5. The summed E-state index contributed by atoms with van der Waals surface area (Å²) < 4.78 is 40.3. The summed E-state index contributed by atoms with van der Waals surface area (Å²) in [5.41, 5.74) is 3.90. The van der Waals surface area contributed by atoms with Gasteiger partial charge in [0.05, 0.1) is 36.2 Å². The van der Waals surface area contributed by atoms with Crippen LogP contribution in [0.4, 0.5) is 14.4 Å². The van der Waals surface area contributed by atoms with Gasteiger partial charge in [-0.3, -0.25) is 19.2 Å². The molecule has 3 aliphatic heterocycles. The maximum atomic E-state index is 12.2. The van der Waals surface area contributed by atoms with Crippen LogP contribution in [0.1, 0.15) is 159 Å². The van der Waals surface area contributed by atoms with Crippen LogP contribution in [0.25, 0.3) is 32.7 Å². The van der Waals surface area contributed by atoms with Gasteiger partial charge in [-0.2, -0.15) is 0 Å². The number of hydrogen-bond acceptors (Lipinski definition) is 16. The van der Waals surface area contributed by atoms with Gasteiger partial charge < -0.3 is 73.3 Å². The molecular weight excluding hydrogens is 1830 g/mol. The Kier molecular flexibility index (Phi) is 40.2. The molecule has 2 aliphatic carbocycles. The molecule has 2 saturated heterocycles. The Morgan fingerprint density at radius 1 is 0.589 bits per heavy atom. The molecule has 6 aromatic carbocycles. The number of halogens is 1. The first-order valence-corrected chi connectivity index (χ1v) is 37.7. The second-order valence-corrected chi connectivity index (χ2v) is 36.0. The predicted molar refractivity (Wildman–Crippen MR) is 410 cm³/mol. The van der Waals surface area contributed by atoms with E-state index in [-0.39, 0.29) is 241 Å². The number of likely N-dealkylation sites (tertiary alicyclic amines) is 2. The molecule has 0 spiro atoms. The molecule has 2 saturated carbocycles. The summed E-state index contributed by atoms with van der Waals surface area (Å²) in [5.74, 6) is 1.06. The van der Waals surface area contributed by atoms with Crippen LogP contribution in [0.15, 0.2) is 115 Å². The summed E-state index contributed by atoms with van der Waals surface area (Å²) >= 11 is 2.22. The quantitative estimate of drug-likeness (QED) is 0.0244. The summed E-state index contributed by atoms with van der Waals surface area (Å²) in [6.07, 6.45) is 1.23. The van der Waals surface area contributed by atoms with Crippen molar-refractivity contribution in [2.75, 3.05) is 53.6 Å². The standard InChI is InChI=1S/C28H31P.C24H34INO6.C24H33NO6.2C2H4O2.CH2O3.2Cs.Pd/c1-27(2,3)29(28(4,5)6)25-19-18-21-13-8-10-16-23(21)26(25)24-17-11-14-20-12-7-9-15-22(20)24;1-14(22(28)30-5)21(15-6-7-15)16-8-9-18(25)19(10-16)31-20(13-27)17-11-26(12-17)23(29)32-24(2,3)4;1-14(22(26)28-5)21(15-6-7-15)16-8-9-18-19(10-16)30-20(13-29-18)17-11-25(12-17)23(27)31-24(2,3)4;2*1-2(3)4;2-1(3)4;;;/h7-19H,1-6H3;8-10,14-15,17,20-21,27H,6-7,11-13H2,1-5H3;8-10,14-15,17,20-21H,6-7,11-13H2,1-5H3;2*1H3,(H,3,4);(H2,2,3,4);;;/q;;;;;;2*+1;/p-1/t;2*14-,20-,21-;;;;;;/m.00....../s1. The van der Waals surface area contributed by atoms with Crippen LogP contribution >= 0.6 is 30.5 Å². The molecule has 6 atom stereocenters. The van der Waals surface area contributed by atoms with Crippen LogP contribution in [-0.4, -0.2) is 160 Å². The number of benzene rings is 6. The van der Waals surface area contributed by atoms with E-state index in [1.54, 1.807) is 9.80 Å². The van der Waals surface area contributed by atoms with Crippen LogP contribution in [-0.2, 0) is 58.5 Å². The summed E-state index contributed by atoms with van der Waals surface area (Å²) in [7, 11) is 2.46. The molecule has 0 bridgehead atoms. The van der Waals surface area contributed by atoms with Gasteiger partial charge >= 0.3 is 162 Å². The van der Waals surface area contributed by atoms with Crippen molar-refractivity contribution >= 4 is 99.6 Å². The number of aliphatic hydroxyl groups is 1. The zero-order chi connectivity index (χ0) is 77.5. The Morgan fingerprint density at radius 2 is 1.02 bits per heavy atom. The van der Waals surface area contributed by atoms with Gasteiger partial charge in [-0.25, -0.2) is 9.59 Å². The Balaban J connectivity index is 0.000000381. The number of esters is 2. The minimum atomic E-state index is -2.08. The van der Waals surface area contributed by atoms with Gasteiger partial charge in [0.15, 0.2) is 11.5 Å². The van der Waals surface area contributed by atoms with Crippen molar-refractivity contribution in [1.82, 2.24) is 9.80 Å². The van der Waals surface area contributed by atoms with Crippen molar-refractivity contribution in [3.05, 3.63) is 130 Å². The van der Waals surface area contributed by atoms with E-state index in [2.05, 4.69) is 149 Å². The second kappa shape index (κ2) is 43.9. The van der Waals surface area contributed by atoms with Crippen molar-refractivity contribution in [2.24, 2.45) is 35.5 Å². The molecule has 5 aliphatic rings. The number of aliphatic hydroxyl groups excluding tert-OH is 1. The number of carboxylic acids is 2. The van der Waals surface area contributed by atoms with Crippen molar-refractivity contribution in [2.45, 2.75) is 182 Å². The SMILES string of the molecule is CC(=O)O.CC(=O)O.CC(C)(C)P(c1ccc2ccccc2c1-c1cccc2ccccc12)C(C)(C)C.COC(=O)[C@@H](C)[C@H](c1ccc(I)c(O[C@@H](CO)C2CN(C(=O)OC(C)(C)C)C2)c1)C1CC1.COC(=O)[C@@H](C)[C@H](c1ccc2c(c1)O[C@H](C1CN(C(=O)OC(C)(C)C)C1)CO2)C1CC1.O=C([O-])O.[Cs+].[Cs+].[Pd]. The molecule has 21 nitrogen and oxygen atoms in total. The van der Waals surface area contributed by atoms with Crippen molar-refractivity contribution in [1.29, 1.82) is 0 Å². The molecule has 4 fully saturated rings. The Hall–Kier alpha value is -3.18. The molecular formula is C81H107Cs2IN2O19PPd+. The van der Waals surface area contributed by atoms with Gasteiger partial charge in [0, 0.05) is 72.3 Å². The number of carboxylic acid groups (broad SMARTS) is 4. The maximum absolute atomic E-state index is 12.2. The average Bonchev–Trinajstić information content (AvgIpc) is 1.75. The maximum Gasteiger partial charge on any atom is 1.00 e. The van der Waals surface area contributed by atoms with Gasteiger partial charge in [0.25, 0.3) is 11.9 Å². The first-order valence-electron chi connectivity index (χ1n) is 35.3. The first-order chi connectivity index (χ1) is 48.6. The Bertz CT molecular complexity index is 3890. The molecule has 0 unspecified atom stereocenters. The largest absolute Gasteiger partial charge is 1.00 e. The van der Waals surface area contributed by atoms with E-state index in [0.717, 1.165) is 60.0 Å². The van der Waals surface area contributed by atoms with Gasteiger partial charge in [-0.05, 0) is 197 Å². The van der Waals surface area contributed by atoms with Crippen LogP contribution < -0.4 is 162 Å². The predicted octanol–water partition coefficient (Wildman–Crippen LogP) is 9.64. The Labute approximate surface area is 777 Å². The van der Waals surface area contributed by atoms with E-state index in [4.69, 9.17) is 68.0 Å². The first kappa shape index (κ1) is 98.0. The van der Waals surface area contributed by atoms with Crippen LogP contribution in [0.3, 0.4) is 0 Å². The van der Waals surface area contributed by atoms with Gasteiger partial charge in [0.2, 0.25) is 6.16 Å². The Morgan fingerprint density at radius 3 is 1.47 bits per heavy atom. The van der Waals surface area contributed by atoms with E-state index >= 15 is 0 Å². The molecule has 0 radical (unpaired) electrons. The number of amides is 2. The monoisotopic (exact) mass is 1940 g/mol. The minimum Gasteiger partial charge on any atom is -0.565 e. The van der Waals surface area contributed by atoms with Crippen LogP contribution in [0.5, 0.6) is 17.2 Å². The number of aliphatic carboxylic acids is 2.